The summed E-state index contributed by atoms with van der Waals surface area (Å²) in [7, 11) is 1.07. The number of rotatable bonds is 35. The Kier molecular flexibility index (Phi) is 26.0. The molecule has 11 nitrogen and oxygen atoms in total. The number of allylic oxidation sites excluding steroid dienone is 5. The molecule has 12 heteroatoms. The van der Waals surface area contributed by atoms with Gasteiger partial charge in [-0.25, -0.2) is 0 Å². The highest BCUT2D eigenvalue weighted by Crippen LogP contribution is 2.38. The van der Waals surface area contributed by atoms with E-state index in [4.69, 9.17) is 23.3 Å². The van der Waals surface area contributed by atoms with Gasteiger partial charge in [0.1, 0.15) is 25.9 Å². The highest BCUT2D eigenvalue weighted by atomic mass is 31.2. The summed E-state index contributed by atoms with van der Waals surface area (Å²) >= 11 is 0. The smallest absolute Gasteiger partial charge is 0.306 e. The number of hydrogen-bond donors (Lipinski definition) is 0. The van der Waals surface area contributed by atoms with Gasteiger partial charge < -0.3 is 32.6 Å². The number of likely N-dealkylation sites (N-methyl/N-ethyl adjacent to an activating group) is 1. The van der Waals surface area contributed by atoms with Crippen molar-refractivity contribution in [1.29, 1.82) is 0 Å². The predicted octanol–water partition coefficient (Wildman–Crippen LogP) is 9.28. The van der Waals surface area contributed by atoms with Gasteiger partial charge in [-0.2, -0.15) is 0 Å². The second kappa shape index (κ2) is 29.1. The molecule has 2 aliphatic rings. The lowest BCUT2D eigenvalue weighted by atomic mass is 9.96. The average molecular weight is 810 g/mol. The Morgan fingerprint density at radius 3 is 2.07 bits per heavy atom. The molecule has 5 atom stereocenters. The number of carbonyl (C=O) groups is 3. The number of ketones is 1. The molecule has 0 N–H and O–H groups in total. The van der Waals surface area contributed by atoms with Gasteiger partial charge in [0.05, 0.1) is 33.9 Å². The van der Waals surface area contributed by atoms with Crippen LogP contribution >= 0.6 is 7.82 Å². The van der Waals surface area contributed by atoms with Crippen LogP contribution in [0.4, 0.5) is 0 Å². The van der Waals surface area contributed by atoms with E-state index >= 15 is 0 Å². The van der Waals surface area contributed by atoms with Crippen LogP contribution in [0.3, 0.4) is 0 Å². The van der Waals surface area contributed by atoms with Gasteiger partial charge in [0.2, 0.25) is 0 Å². The number of hydrogen-bond acceptors (Lipinski definition) is 10. The lowest BCUT2D eigenvalue weighted by Crippen LogP contribution is -2.37. The highest BCUT2D eigenvalue weighted by molar-refractivity contribution is 7.45. The number of phosphoric ester groups is 1. The van der Waals surface area contributed by atoms with Crippen molar-refractivity contribution in [1.82, 2.24) is 0 Å². The van der Waals surface area contributed by atoms with Crippen LogP contribution in [-0.2, 0) is 42.2 Å². The van der Waals surface area contributed by atoms with Crippen molar-refractivity contribution in [3.8, 4) is 0 Å². The first kappa shape index (κ1) is 50.0. The Labute approximate surface area is 339 Å². The maximum absolute atomic E-state index is 12.8. The third-order valence-corrected chi connectivity index (χ3v) is 11.1. The standard InChI is InChI=1S/C44H76NO10P/c1-6-8-10-11-12-13-14-15-16-17-18-19-24-28-43(47)51-35-38(36-53-56(49,50)52-33-32-45(3,4)5)54-44(48)29-25-21-20-23-26-37-30-31-40(46)39(37)34-42-41(55-42)27-22-9-7-2/h20,23,30-31,34,37-38,41-42H,6-19,21-22,24-29,32-33,35-36H2,1-5H3/b23-20-,39-34-/t37?,38-,41?,42?/m1/s1. The molecule has 4 unspecified atom stereocenters. The summed E-state index contributed by atoms with van der Waals surface area (Å²) in [6, 6.07) is 0. The van der Waals surface area contributed by atoms with Crippen LogP contribution in [0.25, 0.3) is 0 Å². The van der Waals surface area contributed by atoms with Gasteiger partial charge >= 0.3 is 11.9 Å². The normalized spacial score (nSPS) is 20.5. The summed E-state index contributed by atoms with van der Waals surface area (Å²) in [6.07, 6.45) is 31.1. The van der Waals surface area contributed by atoms with Crippen LogP contribution in [0.1, 0.15) is 155 Å². The van der Waals surface area contributed by atoms with Gasteiger partial charge in [0, 0.05) is 24.3 Å². The van der Waals surface area contributed by atoms with Gasteiger partial charge in [-0.1, -0.05) is 128 Å². The molecule has 0 amide bonds. The van der Waals surface area contributed by atoms with E-state index in [2.05, 4.69) is 13.8 Å². The number of carbonyl (C=O) groups excluding carboxylic acids is 3. The monoisotopic (exact) mass is 810 g/mol. The number of quaternary nitrogens is 1. The van der Waals surface area contributed by atoms with Crippen molar-refractivity contribution in [3.63, 3.8) is 0 Å². The summed E-state index contributed by atoms with van der Waals surface area (Å²) in [5.41, 5.74) is 0.793. The molecule has 1 aliphatic heterocycles. The molecule has 0 aromatic carbocycles. The number of esters is 2. The van der Waals surface area contributed by atoms with E-state index in [0.717, 1.165) is 37.7 Å². The minimum Gasteiger partial charge on any atom is -0.756 e. The quantitative estimate of drug-likeness (QED) is 0.0116. The Morgan fingerprint density at radius 2 is 1.43 bits per heavy atom. The lowest BCUT2D eigenvalue weighted by molar-refractivity contribution is -0.870. The summed E-state index contributed by atoms with van der Waals surface area (Å²) in [4.78, 5) is 50.1. The Morgan fingerprint density at radius 1 is 0.821 bits per heavy atom. The first-order valence-corrected chi connectivity index (χ1v) is 23.3. The third-order valence-electron chi connectivity index (χ3n) is 10.2. The molecule has 2 rings (SSSR count). The minimum atomic E-state index is -4.67. The van der Waals surface area contributed by atoms with Crippen LogP contribution in [-0.4, -0.2) is 88.0 Å². The average Bonchev–Trinajstić information content (AvgIpc) is 3.80. The van der Waals surface area contributed by atoms with E-state index in [0.29, 0.717) is 36.7 Å². The van der Waals surface area contributed by atoms with E-state index < -0.39 is 32.5 Å². The summed E-state index contributed by atoms with van der Waals surface area (Å²) in [5, 5.41) is 0. The van der Waals surface area contributed by atoms with E-state index in [9.17, 15) is 23.8 Å². The molecular weight excluding hydrogens is 733 g/mol. The molecule has 0 spiro atoms. The van der Waals surface area contributed by atoms with Gasteiger partial charge in [0.25, 0.3) is 7.82 Å². The van der Waals surface area contributed by atoms with Gasteiger partial charge in [-0.15, -0.1) is 0 Å². The van der Waals surface area contributed by atoms with Crippen LogP contribution in [0.5, 0.6) is 0 Å². The largest absolute Gasteiger partial charge is 0.756 e. The molecule has 322 valence electrons. The zero-order valence-electron chi connectivity index (χ0n) is 35.6. The zero-order chi connectivity index (χ0) is 41.1. The number of ether oxygens (including phenoxy) is 3. The highest BCUT2D eigenvalue weighted by Gasteiger charge is 2.38. The maximum atomic E-state index is 12.8. The number of phosphoric acid groups is 1. The Hall–Kier alpha value is -2.14. The van der Waals surface area contributed by atoms with E-state index in [1.807, 2.05) is 45.4 Å². The van der Waals surface area contributed by atoms with Crippen LogP contribution in [0.15, 0.2) is 36.0 Å². The SMILES string of the molecule is CCCCCCCCCCCCCCCC(=O)OC[C@H](COP(=O)([O-])OCC[N+](C)(C)C)OC(=O)CCC/C=C\CC1C=CC(=O)/C1=C\C1OC1CCCCC. The van der Waals surface area contributed by atoms with Crippen molar-refractivity contribution in [3.05, 3.63) is 36.0 Å². The summed E-state index contributed by atoms with van der Waals surface area (Å²) in [6.45, 7) is 3.98. The minimum absolute atomic E-state index is 0.0192. The second-order valence-electron chi connectivity index (χ2n) is 16.6. The summed E-state index contributed by atoms with van der Waals surface area (Å²) in [5.74, 6) is -0.900. The molecule has 0 saturated carbocycles. The topological polar surface area (TPSA) is 141 Å². The number of nitrogens with zero attached hydrogens (tertiary/aromatic N) is 1. The third kappa shape index (κ3) is 25.3. The first-order chi connectivity index (χ1) is 26.8. The predicted molar refractivity (Wildman–Crippen MR) is 220 cm³/mol. The van der Waals surface area contributed by atoms with Crippen molar-refractivity contribution in [2.24, 2.45) is 5.92 Å². The molecule has 0 aromatic heterocycles. The Bertz CT molecular complexity index is 1260. The molecule has 0 radical (unpaired) electrons. The molecule has 1 fully saturated rings. The molecule has 56 heavy (non-hydrogen) atoms. The fourth-order valence-electron chi connectivity index (χ4n) is 6.57. The van der Waals surface area contributed by atoms with Crippen LogP contribution < -0.4 is 4.89 Å². The van der Waals surface area contributed by atoms with Crippen molar-refractivity contribution in [2.45, 2.75) is 173 Å². The molecule has 1 saturated heterocycles. The maximum Gasteiger partial charge on any atom is 0.306 e. The molecular formula is C44H76NO10P. The van der Waals surface area contributed by atoms with E-state index in [1.54, 1.807) is 6.08 Å². The van der Waals surface area contributed by atoms with E-state index in [-0.39, 0.29) is 50.0 Å². The number of epoxide rings is 1. The van der Waals surface area contributed by atoms with Gasteiger partial charge in [-0.3, -0.25) is 18.9 Å². The summed E-state index contributed by atoms with van der Waals surface area (Å²) < 4.78 is 39.6. The van der Waals surface area contributed by atoms with Crippen LogP contribution in [0, 0.1) is 5.92 Å². The van der Waals surface area contributed by atoms with Crippen molar-refractivity contribution in [2.75, 3.05) is 47.5 Å². The van der Waals surface area contributed by atoms with Crippen molar-refractivity contribution < 1.29 is 51.6 Å². The number of unbranched alkanes of at least 4 members (excludes halogenated alkanes) is 15. The van der Waals surface area contributed by atoms with Gasteiger partial charge in [0.15, 0.2) is 11.9 Å². The van der Waals surface area contributed by atoms with E-state index in [1.165, 1.54) is 70.6 Å². The molecule has 0 aromatic rings. The van der Waals surface area contributed by atoms with Crippen molar-refractivity contribution >= 4 is 25.5 Å². The van der Waals surface area contributed by atoms with Gasteiger partial charge in [-0.05, 0) is 44.3 Å². The second-order valence-corrected chi connectivity index (χ2v) is 18.0. The molecule has 1 heterocycles. The zero-order valence-corrected chi connectivity index (χ0v) is 36.5. The molecule has 0 bridgehead atoms. The van der Waals surface area contributed by atoms with Crippen LogP contribution in [0.2, 0.25) is 0 Å². The fraction of sp³-hybridized carbons (Fsp3) is 0.795. The fourth-order valence-corrected chi connectivity index (χ4v) is 7.30. The first-order valence-electron chi connectivity index (χ1n) is 21.8. The lowest BCUT2D eigenvalue weighted by Gasteiger charge is -2.28. The Balaban J connectivity index is 1.72. The molecule has 1 aliphatic carbocycles.